The van der Waals surface area contributed by atoms with E-state index in [-0.39, 0.29) is 0 Å². The Balaban J connectivity index is 3.21. The lowest BCUT2D eigenvalue weighted by Gasteiger charge is -2.07. The molecule has 0 aromatic heterocycles. The van der Waals surface area contributed by atoms with Gasteiger partial charge in [0.2, 0.25) is 0 Å². The van der Waals surface area contributed by atoms with Crippen molar-refractivity contribution in [1.29, 1.82) is 0 Å². The van der Waals surface area contributed by atoms with Crippen LogP contribution in [0, 0.1) is 17.4 Å². The largest absolute Gasteiger partial charge is 0.388 e. The normalized spacial score (nSPS) is 9.82. The van der Waals surface area contributed by atoms with Crippen molar-refractivity contribution in [3.05, 3.63) is 26.8 Å². The molecule has 0 saturated carbocycles. The first-order chi connectivity index (χ1) is 5.15. The van der Waals surface area contributed by atoms with Crippen LogP contribution in [0.1, 0.15) is 11.1 Å². The Bertz CT molecular complexity index is 269. The Kier molecular flexibility index (Phi) is 2.76. The Morgan fingerprint density at radius 1 is 1.18 bits per heavy atom. The van der Waals surface area contributed by atoms with Crippen molar-refractivity contribution in [3.8, 4) is 0 Å². The fourth-order valence-corrected chi connectivity index (χ4v) is 1.56. The zero-order valence-corrected chi connectivity index (χ0v) is 9.19. The molecule has 1 aromatic carbocycles. The average molecular weight is 261 g/mol. The van der Waals surface area contributed by atoms with Crippen molar-refractivity contribution in [2.24, 2.45) is 0 Å². The summed E-state index contributed by atoms with van der Waals surface area (Å²) in [6.07, 6.45) is 0. The molecular formula is C9H12IN. The lowest BCUT2D eigenvalue weighted by Crippen LogP contribution is -1.93. The molecule has 0 fully saturated rings. The molecule has 0 unspecified atom stereocenters. The number of hydrogen-bond acceptors (Lipinski definition) is 1. The van der Waals surface area contributed by atoms with Gasteiger partial charge in [-0.3, -0.25) is 0 Å². The third kappa shape index (κ3) is 1.86. The fourth-order valence-electron chi connectivity index (χ4n) is 1.10. The van der Waals surface area contributed by atoms with E-state index < -0.39 is 0 Å². The van der Waals surface area contributed by atoms with Gasteiger partial charge in [0.1, 0.15) is 0 Å². The fraction of sp³-hybridized carbons (Fsp3) is 0.333. The third-order valence-electron chi connectivity index (χ3n) is 1.77. The van der Waals surface area contributed by atoms with Crippen molar-refractivity contribution in [1.82, 2.24) is 0 Å². The molecule has 1 aromatic rings. The molecule has 1 N–H and O–H groups in total. The number of benzene rings is 1. The molecule has 60 valence electrons. The zero-order chi connectivity index (χ0) is 8.43. The second-order valence-corrected chi connectivity index (χ2v) is 3.83. The van der Waals surface area contributed by atoms with Gasteiger partial charge in [-0.25, -0.2) is 0 Å². The lowest BCUT2D eigenvalue weighted by atomic mass is 10.1. The van der Waals surface area contributed by atoms with E-state index in [1.54, 1.807) is 0 Å². The number of rotatable bonds is 1. The summed E-state index contributed by atoms with van der Waals surface area (Å²) in [6, 6.07) is 4.37. The number of hydrogen-bond donors (Lipinski definition) is 1. The predicted molar refractivity (Wildman–Crippen MR) is 58.2 cm³/mol. The van der Waals surface area contributed by atoms with Gasteiger partial charge < -0.3 is 5.32 Å². The van der Waals surface area contributed by atoms with Crippen LogP contribution in [0.5, 0.6) is 0 Å². The summed E-state index contributed by atoms with van der Waals surface area (Å²) < 4.78 is 1.32. The van der Waals surface area contributed by atoms with E-state index in [4.69, 9.17) is 0 Å². The van der Waals surface area contributed by atoms with Crippen molar-refractivity contribution in [2.75, 3.05) is 12.4 Å². The summed E-state index contributed by atoms with van der Waals surface area (Å²) in [4.78, 5) is 0. The number of aryl methyl sites for hydroxylation is 2. The van der Waals surface area contributed by atoms with E-state index >= 15 is 0 Å². The molecule has 0 radical (unpaired) electrons. The van der Waals surface area contributed by atoms with E-state index in [9.17, 15) is 0 Å². The van der Waals surface area contributed by atoms with E-state index in [0.717, 1.165) is 0 Å². The van der Waals surface area contributed by atoms with E-state index in [1.807, 2.05) is 7.05 Å². The molecule has 1 nitrogen and oxygen atoms in total. The molecule has 0 aliphatic heterocycles. The first-order valence-corrected chi connectivity index (χ1v) is 4.67. The minimum atomic E-state index is 1.22. The van der Waals surface area contributed by atoms with Gasteiger partial charge in [-0.15, -0.1) is 0 Å². The molecule has 1 rings (SSSR count). The van der Waals surface area contributed by atoms with Crippen LogP contribution in [0.25, 0.3) is 0 Å². The second kappa shape index (κ2) is 3.43. The zero-order valence-electron chi connectivity index (χ0n) is 7.03. The maximum Gasteiger partial charge on any atom is 0.0378 e. The Morgan fingerprint density at radius 2 is 1.82 bits per heavy atom. The first-order valence-electron chi connectivity index (χ1n) is 3.59. The first kappa shape index (κ1) is 8.84. The Morgan fingerprint density at radius 3 is 2.36 bits per heavy atom. The van der Waals surface area contributed by atoms with E-state index in [2.05, 4.69) is 53.9 Å². The van der Waals surface area contributed by atoms with Gasteiger partial charge in [0.05, 0.1) is 0 Å². The van der Waals surface area contributed by atoms with Gasteiger partial charge in [0, 0.05) is 16.3 Å². The van der Waals surface area contributed by atoms with Gasteiger partial charge in [0.25, 0.3) is 0 Å². The predicted octanol–water partition coefficient (Wildman–Crippen LogP) is 2.95. The van der Waals surface area contributed by atoms with Gasteiger partial charge in [-0.2, -0.15) is 0 Å². The highest BCUT2D eigenvalue weighted by Crippen LogP contribution is 2.21. The van der Waals surface area contributed by atoms with Crippen molar-refractivity contribution in [3.63, 3.8) is 0 Å². The molecule has 0 aliphatic rings. The highest BCUT2D eigenvalue weighted by atomic mass is 127. The van der Waals surface area contributed by atoms with Crippen molar-refractivity contribution < 1.29 is 0 Å². The Hall–Kier alpha value is -0.250. The van der Waals surface area contributed by atoms with E-state index in [1.165, 1.54) is 20.4 Å². The highest BCUT2D eigenvalue weighted by Gasteiger charge is 1.99. The maximum atomic E-state index is 3.16. The number of anilines is 1. The van der Waals surface area contributed by atoms with Crippen molar-refractivity contribution >= 4 is 28.3 Å². The lowest BCUT2D eigenvalue weighted by molar-refractivity contribution is 1.33. The summed E-state index contributed by atoms with van der Waals surface area (Å²) in [5.74, 6) is 0. The SMILES string of the molecule is CNc1cc(I)c(C)cc1C. The highest BCUT2D eigenvalue weighted by molar-refractivity contribution is 14.1. The minimum absolute atomic E-state index is 1.22. The molecule has 11 heavy (non-hydrogen) atoms. The quantitative estimate of drug-likeness (QED) is 0.766. The average Bonchev–Trinajstić information content (AvgIpc) is 1.97. The molecular weight excluding hydrogens is 249 g/mol. The van der Waals surface area contributed by atoms with Crippen LogP contribution in [0.2, 0.25) is 0 Å². The van der Waals surface area contributed by atoms with E-state index in [0.29, 0.717) is 0 Å². The van der Waals surface area contributed by atoms with Gasteiger partial charge in [-0.1, -0.05) is 6.07 Å². The molecule has 0 saturated heterocycles. The van der Waals surface area contributed by atoms with Gasteiger partial charge >= 0.3 is 0 Å². The number of nitrogens with one attached hydrogen (secondary N) is 1. The Labute approximate surface area is 81.3 Å². The van der Waals surface area contributed by atoms with Crippen LogP contribution >= 0.6 is 22.6 Å². The summed E-state index contributed by atoms with van der Waals surface area (Å²) in [6.45, 7) is 4.25. The standard InChI is InChI=1S/C9H12IN/c1-6-4-7(2)9(11-3)5-8(6)10/h4-5,11H,1-3H3. The molecule has 2 heteroatoms. The molecule has 0 atom stereocenters. The third-order valence-corrected chi connectivity index (χ3v) is 2.94. The summed E-state index contributed by atoms with van der Waals surface area (Å²) in [5.41, 5.74) is 3.88. The van der Waals surface area contributed by atoms with Crippen LogP contribution in [0.4, 0.5) is 5.69 Å². The van der Waals surface area contributed by atoms with Crippen LogP contribution in [0.15, 0.2) is 12.1 Å². The van der Waals surface area contributed by atoms with Crippen LogP contribution < -0.4 is 5.32 Å². The second-order valence-electron chi connectivity index (χ2n) is 2.67. The van der Waals surface area contributed by atoms with Crippen molar-refractivity contribution in [2.45, 2.75) is 13.8 Å². The summed E-state index contributed by atoms with van der Waals surface area (Å²) in [7, 11) is 1.95. The molecule has 0 heterocycles. The van der Waals surface area contributed by atoms with Gasteiger partial charge in [-0.05, 0) is 53.6 Å². The molecule has 0 bridgehead atoms. The van der Waals surface area contributed by atoms with Crippen LogP contribution in [0.3, 0.4) is 0 Å². The number of halogens is 1. The van der Waals surface area contributed by atoms with Crippen LogP contribution in [-0.2, 0) is 0 Å². The van der Waals surface area contributed by atoms with Gasteiger partial charge in [0.15, 0.2) is 0 Å². The van der Waals surface area contributed by atoms with Crippen LogP contribution in [-0.4, -0.2) is 7.05 Å². The minimum Gasteiger partial charge on any atom is -0.388 e. The maximum absolute atomic E-state index is 3.16. The molecule has 0 aliphatic carbocycles. The smallest absolute Gasteiger partial charge is 0.0378 e. The summed E-state index contributed by atoms with van der Waals surface area (Å²) in [5, 5.41) is 3.16. The topological polar surface area (TPSA) is 12.0 Å². The monoisotopic (exact) mass is 261 g/mol. The summed E-state index contributed by atoms with van der Waals surface area (Å²) >= 11 is 2.35. The molecule has 0 amide bonds. The molecule has 0 spiro atoms.